The maximum absolute atomic E-state index is 12.7. The second kappa shape index (κ2) is 48.4. The van der Waals surface area contributed by atoms with E-state index in [4.69, 9.17) is 15.0 Å². The van der Waals surface area contributed by atoms with Gasteiger partial charge in [-0.3, -0.25) is 18.7 Å². The number of hydrogen-bond acceptors (Lipinski definition) is 13. The van der Waals surface area contributed by atoms with Crippen molar-refractivity contribution in [3.8, 4) is 0 Å². The van der Waals surface area contributed by atoms with Gasteiger partial charge in [-0.1, -0.05) is 316 Å². The number of carbonyl (C=O) groups excluding carboxylic acids is 2. The van der Waals surface area contributed by atoms with E-state index in [-0.39, 0.29) is 29.3 Å². The van der Waals surface area contributed by atoms with E-state index < -0.39 is 44.9 Å². The lowest BCUT2D eigenvalue weighted by Crippen LogP contribution is -2.34. The predicted octanol–water partition coefficient (Wildman–Crippen LogP) is 19.2. The van der Waals surface area contributed by atoms with E-state index >= 15 is 0 Å². The van der Waals surface area contributed by atoms with Crippen molar-refractivity contribution < 1.29 is 43.0 Å². The molecule has 1 saturated carbocycles. The smallest absolute Gasteiger partial charge is 0.322 e. The molecule has 0 amide bonds. The van der Waals surface area contributed by atoms with Crippen LogP contribution in [0.1, 0.15) is 360 Å². The lowest BCUT2D eigenvalue weighted by Gasteiger charge is -2.24. The molecule has 0 aromatic carbocycles. The molecule has 85 heavy (non-hydrogen) atoms. The van der Waals surface area contributed by atoms with E-state index in [0.29, 0.717) is 12.2 Å². The van der Waals surface area contributed by atoms with E-state index in [0.717, 1.165) is 50.4 Å². The van der Waals surface area contributed by atoms with Crippen LogP contribution >= 0.6 is 7.82 Å². The molecule has 1 saturated heterocycles. The molecule has 0 bridgehead atoms. The standard InChI is InChI=1S/C70H128N5O9P/c1-3-4-5-6-7-8-9-10-11-15-20-25-30-35-40-45-50-59(2)62(76)53-48-43-38-33-28-23-19-18-22-27-32-37-42-47-52-61-55-60(61)51-46-41-36-31-26-21-16-13-12-14-17-24-29-34-39-44-49-54-64(77)84-85(80,81)82-56-63-66(78)67(79)70(83-63)75-58-74-65-68(71)72-57-73-69(65)75/h57-61,63,66-67,70,78-79H,3-56H2,1-2H3,(H,80,81)(H2,71,72,73)/p-1/t59?,60?,61?,63-,66-,67-,70-/m1/s1. The van der Waals surface area contributed by atoms with Crippen LogP contribution in [0, 0.1) is 17.8 Å². The van der Waals surface area contributed by atoms with Gasteiger partial charge in [0.1, 0.15) is 35.9 Å². The fourth-order valence-electron chi connectivity index (χ4n) is 13.1. The molecule has 0 spiro atoms. The molecule has 2 aliphatic rings. The summed E-state index contributed by atoms with van der Waals surface area (Å²) in [6, 6.07) is 0. The minimum Gasteiger partial charge on any atom is -0.746 e. The fourth-order valence-corrected chi connectivity index (χ4v) is 13.8. The zero-order valence-corrected chi connectivity index (χ0v) is 55.3. The number of nitrogens with zero attached hydrogens (tertiary/aromatic N) is 4. The number of aliphatic hydroxyl groups is 2. The van der Waals surface area contributed by atoms with Crippen molar-refractivity contribution >= 4 is 36.6 Å². The van der Waals surface area contributed by atoms with Gasteiger partial charge in [-0.15, -0.1) is 0 Å². The maximum atomic E-state index is 12.7. The average molecular weight is 1210 g/mol. The van der Waals surface area contributed by atoms with E-state index in [9.17, 15) is 29.3 Å². The molecule has 1 aliphatic heterocycles. The first-order chi connectivity index (χ1) is 41.5. The summed E-state index contributed by atoms with van der Waals surface area (Å²) >= 11 is 0. The number of imidazole rings is 1. The Morgan fingerprint density at radius 3 is 1.40 bits per heavy atom. The van der Waals surface area contributed by atoms with Crippen LogP contribution in [0.25, 0.3) is 11.2 Å². The van der Waals surface area contributed by atoms with Crippen molar-refractivity contribution in [1.29, 1.82) is 0 Å². The number of unbranched alkanes of at least 4 members (excludes halogenated alkanes) is 44. The van der Waals surface area contributed by atoms with Gasteiger partial charge >= 0.3 is 13.8 Å². The first-order valence-corrected chi connectivity index (χ1v) is 37.6. The predicted molar refractivity (Wildman–Crippen MR) is 347 cm³/mol. The van der Waals surface area contributed by atoms with E-state index in [1.807, 2.05) is 0 Å². The number of ether oxygens (including phenoxy) is 1. The number of hydrogen-bond donors (Lipinski definition) is 3. The highest BCUT2D eigenvalue weighted by atomic mass is 31.2. The number of phosphoric acid groups is 1. The molecule has 15 heteroatoms. The first-order valence-electron chi connectivity index (χ1n) is 36.2. The molecular weight excluding hydrogens is 1090 g/mol. The quantitative estimate of drug-likeness (QED) is 0.0416. The van der Waals surface area contributed by atoms with Crippen molar-refractivity contribution in [2.24, 2.45) is 17.8 Å². The van der Waals surface area contributed by atoms with Crippen LogP contribution in [0.2, 0.25) is 0 Å². The van der Waals surface area contributed by atoms with Crippen molar-refractivity contribution in [3.05, 3.63) is 12.7 Å². The molecule has 2 aromatic rings. The summed E-state index contributed by atoms with van der Waals surface area (Å²) in [6.45, 7) is 3.82. The minimum absolute atomic E-state index is 0.0334. The third-order valence-electron chi connectivity index (χ3n) is 18.9. The molecule has 8 atom stereocenters. The number of aliphatic hydroxyl groups excluding tert-OH is 2. The lowest BCUT2D eigenvalue weighted by atomic mass is 9.94. The minimum atomic E-state index is -5.02. The van der Waals surface area contributed by atoms with Gasteiger partial charge in [0.15, 0.2) is 17.7 Å². The van der Waals surface area contributed by atoms with Gasteiger partial charge in [0.05, 0.1) is 12.9 Å². The Kier molecular flexibility index (Phi) is 42.7. The van der Waals surface area contributed by atoms with Crippen LogP contribution < -0.4 is 10.6 Å². The van der Waals surface area contributed by atoms with Crippen LogP contribution in [-0.4, -0.2) is 66.4 Å². The Balaban J connectivity index is 0.776. The summed E-state index contributed by atoms with van der Waals surface area (Å²) in [6.07, 6.45) is 66.3. The highest BCUT2D eigenvalue weighted by Gasteiger charge is 2.45. The summed E-state index contributed by atoms with van der Waals surface area (Å²) in [4.78, 5) is 49.4. The monoisotopic (exact) mass is 1210 g/mol. The van der Waals surface area contributed by atoms with Crippen molar-refractivity contribution in [3.63, 3.8) is 0 Å². The number of phosphoric ester groups is 1. The molecule has 4 N–H and O–H groups in total. The number of Topliss-reactive ketones (excluding diaryl/α,β-unsaturated/α-hetero) is 1. The Hall–Kier alpha value is -2.48. The topological polar surface area (TPSA) is 212 Å². The molecule has 492 valence electrons. The SMILES string of the molecule is CCCCCCCCCCCCCCCCCCC(C)C(=O)CCCCCCCCCCCCCCCCC1CC1CCCCCCCCCCCCCCCCCCCC(=O)OP(=O)([O-])OC[C@H]1O[C@@H](n2cnc3c(N)ncnc32)[C@H](O)[C@@H]1O. The second-order valence-electron chi connectivity index (χ2n) is 26.6. The number of nitrogens with two attached hydrogens (primary N) is 1. The summed E-state index contributed by atoms with van der Waals surface area (Å²) < 4.78 is 28.9. The molecule has 4 rings (SSSR count). The number of ketones is 1. The summed E-state index contributed by atoms with van der Waals surface area (Å²) in [7, 11) is -5.02. The fraction of sp³-hybridized carbons (Fsp3) is 0.900. The molecule has 2 fully saturated rings. The maximum Gasteiger partial charge on any atom is 0.322 e. The number of aromatic nitrogens is 4. The van der Waals surface area contributed by atoms with Crippen molar-refractivity contribution in [2.75, 3.05) is 12.3 Å². The molecule has 14 nitrogen and oxygen atoms in total. The van der Waals surface area contributed by atoms with E-state index in [1.165, 1.54) is 306 Å². The zero-order valence-electron chi connectivity index (χ0n) is 54.4. The summed E-state index contributed by atoms with van der Waals surface area (Å²) in [5.74, 6) is 2.14. The molecule has 2 aromatic heterocycles. The Bertz CT molecular complexity index is 2010. The largest absolute Gasteiger partial charge is 0.746 e. The highest BCUT2D eigenvalue weighted by molar-refractivity contribution is 7.46. The normalized spacial score (nSPS) is 19.7. The van der Waals surface area contributed by atoms with Gasteiger partial charge in [-0.25, -0.2) is 15.0 Å². The van der Waals surface area contributed by atoms with Gasteiger partial charge in [0, 0.05) is 18.8 Å². The number of fused-ring (bicyclic) bond motifs is 1. The van der Waals surface area contributed by atoms with Gasteiger partial charge in [0.2, 0.25) is 0 Å². The van der Waals surface area contributed by atoms with Crippen LogP contribution in [0.15, 0.2) is 12.7 Å². The van der Waals surface area contributed by atoms with Gasteiger partial charge < -0.3 is 34.6 Å². The number of nitrogen functional groups attached to an aromatic ring is 1. The second-order valence-corrected chi connectivity index (χ2v) is 27.9. The molecule has 0 radical (unpaired) electrons. The van der Waals surface area contributed by atoms with Gasteiger partial charge in [-0.05, 0) is 37.5 Å². The van der Waals surface area contributed by atoms with Gasteiger partial charge in [0.25, 0.3) is 0 Å². The van der Waals surface area contributed by atoms with Crippen LogP contribution in [0.5, 0.6) is 0 Å². The van der Waals surface area contributed by atoms with Crippen LogP contribution in [0.3, 0.4) is 0 Å². The third-order valence-corrected chi connectivity index (χ3v) is 19.8. The lowest BCUT2D eigenvalue weighted by molar-refractivity contribution is -0.227. The zero-order chi connectivity index (χ0) is 60.8. The summed E-state index contributed by atoms with van der Waals surface area (Å²) in [5.41, 5.74) is 6.38. The molecular formula is C70H127N5O9P-. The number of carbonyl (C=O) groups is 2. The molecule has 1 aliphatic carbocycles. The van der Waals surface area contributed by atoms with E-state index in [2.05, 4.69) is 33.3 Å². The number of anilines is 1. The Labute approximate surface area is 518 Å². The average Bonchev–Trinajstić information content (AvgIpc) is 2.24. The first kappa shape index (κ1) is 75.0. The highest BCUT2D eigenvalue weighted by Crippen LogP contribution is 2.46. The molecule has 4 unspecified atom stereocenters. The third kappa shape index (κ3) is 35.5. The van der Waals surface area contributed by atoms with Crippen molar-refractivity contribution in [1.82, 2.24) is 19.5 Å². The summed E-state index contributed by atoms with van der Waals surface area (Å²) in [5, 5.41) is 21.1. The molecule has 3 heterocycles. The van der Waals surface area contributed by atoms with Crippen molar-refractivity contribution in [2.45, 2.75) is 379 Å². The Morgan fingerprint density at radius 2 is 0.965 bits per heavy atom. The number of rotatable bonds is 60. The van der Waals surface area contributed by atoms with E-state index in [1.54, 1.807) is 0 Å². The van der Waals surface area contributed by atoms with Crippen LogP contribution in [-0.2, 0) is 27.9 Å². The Morgan fingerprint density at radius 1 is 0.576 bits per heavy atom. The van der Waals surface area contributed by atoms with Crippen LogP contribution in [0.4, 0.5) is 5.82 Å². The van der Waals surface area contributed by atoms with Gasteiger partial charge in [-0.2, -0.15) is 0 Å².